The monoisotopic (exact) mass is 370 g/mol. The van der Waals surface area contributed by atoms with E-state index in [4.69, 9.17) is 33.2 Å². The van der Waals surface area contributed by atoms with Gasteiger partial charge in [-0.3, -0.25) is 0 Å². The molecule has 1 N–H and O–H groups in total. The molecule has 7 heteroatoms. The number of ether oxygens (including phenoxy) is 1. The molecule has 0 bridgehead atoms. The van der Waals surface area contributed by atoms with E-state index >= 15 is 0 Å². The lowest BCUT2D eigenvalue weighted by molar-refractivity contribution is 0.459. The highest BCUT2D eigenvalue weighted by Gasteiger charge is 2.10. The molecule has 0 amide bonds. The van der Waals surface area contributed by atoms with E-state index in [0.29, 0.717) is 33.2 Å². The Morgan fingerprint density at radius 2 is 1.88 bits per heavy atom. The van der Waals surface area contributed by atoms with Crippen molar-refractivity contribution in [2.24, 2.45) is 0 Å². The van der Waals surface area contributed by atoms with Crippen LogP contribution >= 0.6 is 23.2 Å². The molecule has 3 rings (SSSR count). The fourth-order valence-corrected chi connectivity index (χ4v) is 2.77. The van der Waals surface area contributed by atoms with Crippen LogP contribution in [0.3, 0.4) is 0 Å². The van der Waals surface area contributed by atoms with Gasteiger partial charge in [0, 0.05) is 23.0 Å². The van der Waals surface area contributed by atoms with Crippen molar-refractivity contribution in [2.75, 3.05) is 5.32 Å². The molecular weight excluding hydrogens is 359 g/mol. The van der Waals surface area contributed by atoms with Gasteiger partial charge in [-0.1, -0.05) is 23.2 Å². The van der Waals surface area contributed by atoms with Crippen molar-refractivity contribution in [3.63, 3.8) is 0 Å². The predicted molar refractivity (Wildman–Crippen MR) is 97.7 cm³/mol. The predicted octanol–water partition coefficient (Wildman–Crippen LogP) is 5.50. The van der Waals surface area contributed by atoms with Crippen LogP contribution < -0.4 is 10.1 Å². The fourth-order valence-electron chi connectivity index (χ4n) is 2.14. The molecule has 0 atom stereocenters. The van der Waals surface area contributed by atoms with Crippen LogP contribution in [0, 0.1) is 18.3 Å². The maximum atomic E-state index is 8.83. The fraction of sp³-hybridized carbons (Fsp3) is 0.0556. The average Bonchev–Trinajstić information content (AvgIpc) is 2.59. The highest BCUT2D eigenvalue weighted by Crippen LogP contribution is 2.34. The zero-order chi connectivity index (χ0) is 17.8. The number of benzene rings is 2. The van der Waals surface area contributed by atoms with Crippen LogP contribution in [0.4, 0.5) is 11.6 Å². The third kappa shape index (κ3) is 4.18. The van der Waals surface area contributed by atoms with Crippen LogP contribution in [0.1, 0.15) is 11.1 Å². The van der Waals surface area contributed by atoms with E-state index in [2.05, 4.69) is 21.4 Å². The number of hydrogen-bond acceptors (Lipinski definition) is 5. The number of nitrogens with one attached hydrogen (secondary N) is 1. The van der Waals surface area contributed by atoms with Crippen molar-refractivity contribution in [1.82, 2.24) is 9.97 Å². The molecular formula is C18H12Cl2N4O. The Morgan fingerprint density at radius 3 is 2.56 bits per heavy atom. The number of nitrogens with zero attached hydrogens (tertiary/aromatic N) is 3. The number of aryl methyl sites for hydroxylation is 1. The molecule has 1 heterocycles. The summed E-state index contributed by atoms with van der Waals surface area (Å²) in [6.45, 7) is 1.85. The Kier molecular flexibility index (Phi) is 5.03. The second-order valence-electron chi connectivity index (χ2n) is 5.17. The molecule has 5 nitrogen and oxygen atoms in total. The standard InChI is InChI=1S/C18H12Cl2N4O/c1-11-8-13(19)9-15(20)17(11)25-16-6-7-22-18(24-16)23-14-4-2-12(10-21)3-5-14/h2-9H,1H3,(H,22,23,24). The first-order valence-electron chi connectivity index (χ1n) is 7.29. The summed E-state index contributed by atoms with van der Waals surface area (Å²) in [5.41, 5.74) is 2.14. The Morgan fingerprint density at radius 1 is 1.12 bits per heavy atom. The number of rotatable bonds is 4. The zero-order valence-electron chi connectivity index (χ0n) is 13.1. The van der Waals surface area contributed by atoms with Crippen molar-refractivity contribution < 1.29 is 4.74 Å². The first-order chi connectivity index (χ1) is 12.0. The van der Waals surface area contributed by atoms with Crippen molar-refractivity contribution in [3.05, 3.63) is 69.8 Å². The smallest absolute Gasteiger partial charge is 0.230 e. The zero-order valence-corrected chi connectivity index (χ0v) is 14.6. The van der Waals surface area contributed by atoms with E-state index in [1.807, 2.05) is 6.92 Å². The average molecular weight is 371 g/mol. The second-order valence-corrected chi connectivity index (χ2v) is 6.01. The third-order valence-corrected chi connectivity index (χ3v) is 3.80. The molecule has 25 heavy (non-hydrogen) atoms. The van der Waals surface area contributed by atoms with Gasteiger partial charge in [-0.05, 0) is 48.9 Å². The minimum atomic E-state index is 0.346. The number of anilines is 2. The maximum Gasteiger partial charge on any atom is 0.230 e. The molecule has 0 fully saturated rings. The van der Waals surface area contributed by atoms with Gasteiger partial charge in [0.25, 0.3) is 0 Å². The first kappa shape index (κ1) is 17.0. The topological polar surface area (TPSA) is 70.8 Å². The van der Waals surface area contributed by atoms with Gasteiger partial charge in [0.2, 0.25) is 11.8 Å². The SMILES string of the molecule is Cc1cc(Cl)cc(Cl)c1Oc1ccnc(Nc2ccc(C#N)cc2)n1. The lowest BCUT2D eigenvalue weighted by Gasteiger charge is -2.11. The highest BCUT2D eigenvalue weighted by molar-refractivity contribution is 6.35. The molecule has 0 aliphatic heterocycles. The lowest BCUT2D eigenvalue weighted by Crippen LogP contribution is -1.99. The second kappa shape index (κ2) is 7.39. The van der Waals surface area contributed by atoms with Gasteiger partial charge < -0.3 is 10.1 Å². The number of aromatic nitrogens is 2. The van der Waals surface area contributed by atoms with E-state index < -0.39 is 0 Å². The van der Waals surface area contributed by atoms with Gasteiger partial charge in [-0.2, -0.15) is 10.2 Å². The van der Waals surface area contributed by atoms with E-state index in [0.717, 1.165) is 11.3 Å². The van der Waals surface area contributed by atoms with Gasteiger partial charge in [0.15, 0.2) is 5.75 Å². The molecule has 0 saturated carbocycles. The Balaban J connectivity index is 1.81. The van der Waals surface area contributed by atoms with Crippen molar-refractivity contribution in [1.29, 1.82) is 5.26 Å². The highest BCUT2D eigenvalue weighted by atomic mass is 35.5. The van der Waals surface area contributed by atoms with Gasteiger partial charge in [0.1, 0.15) is 0 Å². The molecule has 0 aliphatic carbocycles. The van der Waals surface area contributed by atoms with E-state index in [9.17, 15) is 0 Å². The van der Waals surface area contributed by atoms with Crippen molar-refractivity contribution in [2.45, 2.75) is 6.92 Å². The molecule has 0 spiro atoms. The van der Waals surface area contributed by atoms with Gasteiger partial charge in [-0.15, -0.1) is 0 Å². The molecule has 0 unspecified atom stereocenters. The minimum absolute atomic E-state index is 0.346. The minimum Gasteiger partial charge on any atom is -0.437 e. The summed E-state index contributed by atoms with van der Waals surface area (Å²) in [7, 11) is 0. The number of nitriles is 1. The van der Waals surface area contributed by atoms with E-state index in [-0.39, 0.29) is 0 Å². The van der Waals surface area contributed by atoms with E-state index in [1.54, 1.807) is 48.7 Å². The van der Waals surface area contributed by atoms with Crippen LogP contribution in [0.15, 0.2) is 48.7 Å². The maximum absolute atomic E-state index is 8.83. The molecule has 0 saturated heterocycles. The summed E-state index contributed by atoms with van der Waals surface area (Å²) < 4.78 is 5.79. The number of hydrogen-bond donors (Lipinski definition) is 1. The van der Waals surface area contributed by atoms with Crippen LogP contribution in [-0.4, -0.2) is 9.97 Å². The normalized spacial score (nSPS) is 10.2. The Bertz CT molecular complexity index is 929. The molecule has 0 radical (unpaired) electrons. The molecule has 3 aromatic rings. The molecule has 0 aliphatic rings. The Hall–Kier alpha value is -2.81. The molecule has 124 valence electrons. The van der Waals surface area contributed by atoms with Crippen LogP contribution in [-0.2, 0) is 0 Å². The molecule has 2 aromatic carbocycles. The lowest BCUT2D eigenvalue weighted by atomic mass is 10.2. The summed E-state index contributed by atoms with van der Waals surface area (Å²) in [4.78, 5) is 8.47. The van der Waals surface area contributed by atoms with Crippen LogP contribution in [0.2, 0.25) is 10.0 Å². The first-order valence-corrected chi connectivity index (χ1v) is 8.04. The van der Waals surface area contributed by atoms with Crippen molar-refractivity contribution in [3.8, 4) is 17.7 Å². The summed E-state index contributed by atoms with van der Waals surface area (Å²) >= 11 is 12.2. The largest absolute Gasteiger partial charge is 0.437 e. The van der Waals surface area contributed by atoms with Gasteiger partial charge >= 0.3 is 0 Å². The van der Waals surface area contributed by atoms with Gasteiger partial charge in [0.05, 0.1) is 16.7 Å². The van der Waals surface area contributed by atoms with Gasteiger partial charge in [-0.25, -0.2) is 4.98 Å². The quantitative estimate of drug-likeness (QED) is 0.656. The number of halogens is 2. The third-order valence-electron chi connectivity index (χ3n) is 3.30. The molecule has 1 aromatic heterocycles. The van der Waals surface area contributed by atoms with Crippen LogP contribution in [0.5, 0.6) is 11.6 Å². The summed E-state index contributed by atoms with van der Waals surface area (Å²) in [5, 5.41) is 12.8. The summed E-state index contributed by atoms with van der Waals surface area (Å²) in [6.07, 6.45) is 1.58. The van der Waals surface area contributed by atoms with E-state index in [1.165, 1.54) is 0 Å². The Labute approximate surface area is 154 Å². The van der Waals surface area contributed by atoms with Crippen molar-refractivity contribution >= 4 is 34.8 Å². The summed E-state index contributed by atoms with van der Waals surface area (Å²) in [6, 6.07) is 14.0. The van der Waals surface area contributed by atoms with Crippen LogP contribution in [0.25, 0.3) is 0 Å². The summed E-state index contributed by atoms with van der Waals surface area (Å²) in [5.74, 6) is 1.21.